The van der Waals surface area contributed by atoms with Crippen LogP contribution in [0.3, 0.4) is 0 Å². The van der Waals surface area contributed by atoms with E-state index in [0.717, 1.165) is 19.3 Å². The third-order valence-corrected chi connectivity index (χ3v) is 3.25. The van der Waals surface area contributed by atoms with Gasteiger partial charge in [0.2, 0.25) is 5.91 Å². The lowest BCUT2D eigenvalue weighted by Gasteiger charge is -2.34. The summed E-state index contributed by atoms with van der Waals surface area (Å²) in [6.45, 7) is 4.97. The Morgan fingerprint density at radius 2 is 1.94 bits per heavy atom. The number of hydrogen-bond acceptors (Lipinski definition) is 2. The van der Waals surface area contributed by atoms with Crippen LogP contribution in [-0.2, 0) is 9.59 Å². The van der Waals surface area contributed by atoms with Crippen LogP contribution >= 0.6 is 0 Å². The molecule has 1 aliphatic heterocycles. The van der Waals surface area contributed by atoms with Crippen molar-refractivity contribution in [1.29, 1.82) is 0 Å². The summed E-state index contributed by atoms with van der Waals surface area (Å²) in [5.74, 6) is 0.151. The zero-order valence-corrected chi connectivity index (χ0v) is 10.5. The van der Waals surface area contributed by atoms with Crippen molar-refractivity contribution < 1.29 is 9.59 Å². The molecule has 0 aromatic carbocycles. The van der Waals surface area contributed by atoms with Crippen LogP contribution in [0.15, 0.2) is 0 Å². The maximum absolute atomic E-state index is 11.8. The zero-order chi connectivity index (χ0) is 12.0. The van der Waals surface area contributed by atoms with Gasteiger partial charge in [-0.2, -0.15) is 0 Å². The highest BCUT2D eigenvalue weighted by Crippen LogP contribution is 2.19. The van der Waals surface area contributed by atoms with Crippen LogP contribution in [0.5, 0.6) is 0 Å². The summed E-state index contributed by atoms with van der Waals surface area (Å²) in [6, 6.07) is 0.366. The fourth-order valence-corrected chi connectivity index (χ4v) is 2.34. The number of rotatable bonds is 6. The van der Waals surface area contributed by atoms with Crippen LogP contribution in [0.1, 0.15) is 58.8 Å². The van der Waals surface area contributed by atoms with Gasteiger partial charge in [-0.3, -0.25) is 9.59 Å². The van der Waals surface area contributed by atoms with Crippen molar-refractivity contribution in [2.75, 3.05) is 6.54 Å². The molecule has 1 aliphatic rings. The topological polar surface area (TPSA) is 37.4 Å². The highest BCUT2D eigenvalue weighted by atomic mass is 16.2. The number of unbranched alkanes of at least 4 members (excludes halogenated alkanes) is 1. The second-order valence-corrected chi connectivity index (χ2v) is 4.64. The minimum absolute atomic E-state index is 0.0470. The summed E-state index contributed by atoms with van der Waals surface area (Å²) in [6.07, 6.45) is 6.28. The highest BCUT2D eigenvalue weighted by molar-refractivity contribution is 6.00. The number of nitrogens with zero attached hydrogens (tertiary/aromatic N) is 1. The first-order valence-electron chi connectivity index (χ1n) is 6.50. The van der Waals surface area contributed by atoms with E-state index >= 15 is 0 Å². The van der Waals surface area contributed by atoms with E-state index in [4.69, 9.17) is 0 Å². The minimum Gasteiger partial charge on any atom is -0.339 e. The van der Waals surface area contributed by atoms with E-state index in [1.165, 1.54) is 12.8 Å². The fraction of sp³-hybridized carbons (Fsp3) is 0.846. The molecular formula is C13H23NO2. The first kappa shape index (κ1) is 13.2. The normalized spacial score (nSPS) is 19.0. The molecule has 1 saturated heterocycles. The summed E-state index contributed by atoms with van der Waals surface area (Å²) in [7, 11) is 0. The van der Waals surface area contributed by atoms with E-state index < -0.39 is 0 Å². The Balaban J connectivity index is 2.55. The summed E-state index contributed by atoms with van der Waals surface area (Å²) in [5.41, 5.74) is 0. The van der Waals surface area contributed by atoms with Gasteiger partial charge < -0.3 is 4.90 Å². The third-order valence-electron chi connectivity index (χ3n) is 3.25. The van der Waals surface area contributed by atoms with E-state index in [1.54, 1.807) is 0 Å². The summed E-state index contributed by atoms with van der Waals surface area (Å²) >= 11 is 0. The fourth-order valence-electron chi connectivity index (χ4n) is 2.34. The van der Waals surface area contributed by atoms with E-state index in [0.29, 0.717) is 19.0 Å². The molecule has 0 aliphatic carbocycles. The number of likely N-dealkylation sites (tertiary alicyclic amines) is 1. The number of hydrogen-bond donors (Lipinski definition) is 0. The lowest BCUT2D eigenvalue weighted by molar-refractivity contribution is -0.141. The van der Waals surface area contributed by atoms with Crippen LogP contribution in [0.2, 0.25) is 0 Å². The molecule has 1 atom stereocenters. The van der Waals surface area contributed by atoms with Gasteiger partial charge in [0.05, 0.1) is 6.42 Å². The van der Waals surface area contributed by atoms with Gasteiger partial charge >= 0.3 is 0 Å². The van der Waals surface area contributed by atoms with Crippen LogP contribution < -0.4 is 0 Å². The van der Waals surface area contributed by atoms with Gasteiger partial charge in [-0.1, -0.05) is 33.1 Å². The molecule has 16 heavy (non-hydrogen) atoms. The van der Waals surface area contributed by atoms with Gasteiger partial charge in [-0.05, 0) is 12.8 Å². The van der Waals surface area contributed by atoms with Gasteiger partial charge in [0.15, 0.2) is 0 Å². The average Bonchev–Trinajstić information content (AvgIpc) is 2.25. The lowest BCUT2D eigenvalue weighted by Crippen LogP contribution is -2.45. The number of amides is 1. The quantitative estimate of drug-likeness (QED) is 0.651. The van der Waals surface area contributed by atoms with Gasteiger partial charge in [0, 0.05) is 19.0 Å². The van der Waals surface area contributed by atoms with E-state index in [9.17, 15) is 9.59 Å². The maximum atomic E-state index is 11.8. The van der Waals surface area contributed by atoms with Crippen molar-refractivity contribution in [2.24, 2.45) is 0 Å². The highest BCUT2D eigenvalue weighted by Gasteiger charge is 2.28. The number of carbonyl (C=O) groups is 2. The van der Waals surface area contributed by atoms with Crippen LogP contribution in [-0.4, -0.2) is 29.2 Å². The number of carbonyl (C=O) groups excluding carboxylic acids is 2. The van der Waals surface area contributed by atoms with Crippen molar-refractivity contribution >= 4 is 11.7 Å². The lowest BCUT2D eigenvalue weighted by atomic mass is 9.99. The van der Waals surface area contributed by atoms with E-state index in [2.05, 4.69) is 13.8 Å². The Morgan fingerprint density at radius 3 is 2.50 bits per heavy atom. The van der Waals surface area contributed by atoms with E-state index in [-0.39, 0.29) is 18.1 Å². The molecule has 0 aromatic heterocycles. The molecule has 0 N–H and O–H groups in total. The molecule has 1 fully saturated rings. The maximum Gasteiger partial charge on any atom is 0.230 e. The molecule has 1 rings (SSSR count). The largest absolute Gasteiger partial charge is 0.339 e. The van der Waals surface area contributed by atoms with E-state index in [1.807, 2.05) is 4.90 Å². The molecule has 0 aromatic rings. The Labute approximate surface area is 98.2 Å². The molecule has 0 saturated carbocycles. The number of Topliss-reactive ketones (excluding diaryl/α,β-unsaturated/α-hetero) is 1. The van der Waals surface area contributed by atoms with Crippen molar-refractivity contribution in [1.82, 2.24) is 4.90 Å². The minimum atomic E-state index is 0.0470. The standard InChI is InChI=1S/C13H23NO2/c1-3-5-7-11(6-4-2)14-9-8-12(15)10-13(14)16/h11H,3-10H2,1-2H3. The Morgan fingerprint density at radius 1 is 1.19 bits per heavy atom. The molecular weight excluding hydrogens is 202 g/mol. The number of ketones is 1. The van der Waals surface area contributed by atoms with Crippen LogP contribution in [0, 0.1) is 0 Å². The summed E-state index contributed by atoms with van der Waals surface area (Å²) in [4.78, 5) is 24.9. The molecule has 0 spiro atoms. The predicted molar refractivity (Wildman–Crippen MR) is 64.2 cm³/mol. The first-order valence-corrected chi connectivity index (χ1v) is 6.50. The SMILES string of the molecule is CCCCC(CCC)N1CCC(=O)CC1=O. The van der Waals surface area contributed by atoms with Gasteiger partial charge in [-0.15, -0.1) is 0 Å². The summed E-state index contributed by atoms with van der Waals surface area (Å²) < 4.78 is 0. The Kier molecular flexibility index (Phi) is 5.50. The second-order valence-electron chi connectivity index (χ2n) is 4.64. The van der Waals surface area contributed by atoms with Crippen molar-refractivity contribution in [3.05, 3.63) is 0 Å². The molecule has 1 amide bonds. The Bertz CT molecular complexity index is 250. The molecule has 0 bridgehead atoms. The van der Waals surface area contributed by atoms with Crippen molar-refractivity contribution in [3.63, 3.8) is 0 Å². The van der Waals surface area contributed by atoms with Gasteiger partial charge in [-0.25, -0.2) is 0 Å². The molecule has 0 radical (unpaired) electrons. The molecule has 3 nitrogen and oxygen atoms in total. The third kappa shape index (κ3) is 3.62. The molecule has 3 heteroatoms. The molecule has 1 heterocycles. The molecule has 1 unspecified atom stereocenters. The Hall–Kier alpha value is -0.860. The van der Waals surface area contributed by atoms with Crippen molar-refractivity contribution in [2.45, 2.75) is 64.8 Å². The second kappa shape index (κ2) is 6.66. The average molecular weight is 225 g/mol. The van der Waals surface area contributed by atoms with Crippen molar-refractivity contribution in [3.8, 4) is 0 Å². The molecule has 92 valence electrons. The smallest absolute Gasteiger partial charge is 0.230 e. The predicted octanol–water partition coefficient (Wildman–Crippen LogP) is 2.54. The first-order chi connectivity index (χ1) is 7.69. The van der Waals surface area contributed by atoms with Gasteiger partial charge in [0.25, 0.3) is 0 Å². The summed E-state index contributed by atoms with van der Waals surface area (Å²) in [5, 5.41) is 0. The van der Waals surface area contributed by atoms with Crippen LogP contribution in [0.4, 0.5) is 0 Å². The van der Waals surface area contributed by atoms with Gasteiger partial charge in [0.1, 0.15) is 5.78 Å². The van der Waals surface area contributed by atoms with Crippen LogP contribution in [0.25, 0.3) is 0 Å². The number of piperidine rings is 1. The monoisotopic (exact) mass is 225 g/mol. The zero-order valence-electron chi connectivity index (χ0n) is 10.5.